The highest BCUT2D eigenvalue weighted by Crippen LogP contribution is 2.25. The summed E-state index contributed by atoms with van der Waals surface area (Å²) in [4.78, 5) is 10.7. The Morgan fingerprint density at radius 1 is 1.50 bits per heavy atom. The maximum absolute atomic E-state index is 10.7. The van der Waals surface area contributed by atoms with Gasteiger partial charge in [-0.05, 0) is 24.6 Å². The van der Waals surface area contributed by atoms with Crippen molar-refractivity contribution in [2.75, 3.05) is 6.54 Å². The summed E-state index contributed by atoms with van der Waals surface area (Å²) >= 11 is 0. The van der Waals surface area contributed by atoms with Crippen LogP contribution < -0.4 is 5.32 Å². The third-order valence-corrected chi connectivity index (χ3v) is 2.41. The molecular weight excluding hydrogens is 206 g/mol. The van der Waals surface area contributed by atoms with Gasteiger partial charge in [0.15, 0.2) is 0 Å². The second-order valence-electron chi connectivity index (χ2n) is 3.67. The zero-order chi connectivity index (χ0) is 11.5. The summed E-state index contributed by atoms with van der Waals surface area (Å²) in [5.41, 5.74) is 1.73. The zero-order valence-electron chi connectivity index (χ0n) is 8.99. The Morgan fingerprint density at radius 3 is 3.06 bits per heavy atom. The topological polar surface area (TPSA) is 62.5 Å². The molecule has 0 unspecified atom stereocenters. The van der Waals surface area contributed by atoms with Gasteiger partial charge in [-0.15, -0.1) is 0 Å². The van der Waals surface area contributed by atoms with E-state index in [1.165, 1.54) is 6.92 Å². The van der Waals surface area contributed by atoms with Crippen LogP contribution in [0.25, 0.3) is 11.0 Å². The van der Waals surface area contributed by atoms with Crippen LogP contribution in [-0.2, 0) is 11.2 Å². The Balaban J connectivity index is 2.17. The molecule has 2 N–H and O–H groups in total. The third-order valence-electron chi connectivity index (χ3n) is 2.41. The number of nitrogens with one attached hydrogen (secondary N) is 1. The van der Waals surface area contributed by atoms with Crippen LogP contribution in [0.2, 0.25) is 0 Å². The van der Waals surface area contributed by atoms with Crippen molar-refractivity contribution in [1.82, 2.24) is 5.32 Å². The van der Waals surface area contributed by atoms with E-state index in [0.717, 1.165) is 16.5 Å². The molecule has 0 bridgehead atoms. The van der Waals surface area contributed by atoms with Crippen molar-refractivity contribution in [3.63, 3.8) is 0 Å². The molecule has 0 aliphatic heterocycles. The molecular formula is C12H13NO3. The molecule has 4 heteroatoms. The van der Waals surface area contributed by atoms with Crippen molar-refractivity contribution in [2.24, 2.45) is 0 Å². The molecule has 2 aromatic rings. The van der Waals surface area contributed by atoms with Crippen LogP contribution in [0.3, 0.4) is 0 Å². The van der Waals surface area contributed by atoms with E-state index in [0.29, 0.717) is 13.0 Å². The molecule has 1 amide bonds. The fourth-order valence-corrected chi connectivity index (χ4v) is 1.64. The van der Waals surface area contributed by atoms with Gasteiger partial charge in [-0.3, -0.25) is 4.79 Å². The molecule has 1 aromatic heterocycles. The van der Waals surface area contributed by atoms with Crippen molar-refractivity contribution in [3.8, 4) is 5.75 Å². The van der Waals surface area contributed by atoms with Crippen LogP contribution in [0.5, 0.6) is 5.75 Å². The number of hydrogen-bond acceptors (Lipinski definition) is 3. The lowest BCUT2D eigenvalue weighted by atomic mass is 10.1. The average molecular weight is 219 g/mol. The summed E-state index contributed by atoms with van der Waals surface area (Å²) in [7, 11) is 0. The van der Waals surface area contributed by atoms with Crippen LogP contribution in [0.4, 0.5) is 0 Å². The minimum Gasteiger partial charge on any atom is -0.508 e. The predicted octanol–water partition coefficient (Wildman–Crippen LogP) is 1.82. The molecule has 0 saturated carbocycles. The first-order valence-electron chi connectivity index (χ1n) is 5.10. The number of amides is 1. The van der Waals surface area contributed by atoms with Crippen LogP contribution >= 0.6 is 0 Å². The van der Waals surface area contributed by atoms with Gasteiger partial charge in [-0.1, -0.05) is 0 Å². The molecule has 0 radical (unpaired) electrons. The van der Waals surface area contributed by atoms with Gasteiger partial charge in [-0.2, -0.15) is 0 Å². The fourth-order valence-electron chi connectivity index (χ4n) is 1.64. The second-order valence-corrected chi connectivity index (χ2v) is 3.67. The minimum atomic E-state index is -0.0457. The number of rotatable bonds is 3. The van der Waals surface area contributed by atoms with Crippen LogP contribution in [0, 0.1) is 0 Å². The molecule has 0 spiro atoms. The number of carbonyl (C=O) groups excluding carboxylic acids is 1. The molecule has 0 aliphatic rings. The third kappa shape index (κ3) is 2.16. The smallest absolute Gasteiger partial charge is 0.216 e. The van der Waals surface area contributed by atoms with E-state index >= 15 is 0 Å². The standard InChI is InChI=1S/C12H13NO3/c1-8(14)13-5-4-9-7-16-12-3-2-10(15)6-11(9)12/h2-3,6-7,15H,4-5H2,1H3,(H,13,14). The van der Waals surface area contributed by atoms with Crippen molar-refractivity contribution in [1.29, 1.82) is 0 Å². The van der Waals surface area contributed by atoms with E-state index in [9.17, 15) is 9.90 Å². The molecule has 4 nitrogen and oxygen atoms in total. The maximum Gasteiger partial charge on any atom is 0.216 e. The molecule has 84 valence electrons. The quantitative estimate of drug-likeness (QED) is 0.827. The van der Waals surface area contributed by atoms with E-state index < -0.39 is 0 Å². The zero-order valence-corrected chi connectivity index (χ0v) is 8.99. The lowest BCUT2D eigenvalue weighted by Crippen LogP contribution is -2.22. The van der Waals surface area contributed by atoms with Gasteiger partial charge >= 0.3 is 0 Å². The van der Waals surface area contributed by atoms with E-state index in [-0.39, 0.29) is 11.7 Å². The molecule has 16 heavy (non-hydrogen) atoms. The summed E-state index contributed by atoms with van der Waals surface area (Å²) in [6.45, 7) is 2.05. The number of carbonyl (C=O) groups is 1. The van der Waals surface area contributed by atoms with Crippen molar-refractivity contribution in [3.05, 3.63) is 30.0 Å². The Hall–Kier alpha value is -1.97. The van der Waals surface area contributed by atoms with E-state index in [1.807, 2.05) is 0 Å². The van der Waals surface area contributed by atoms with Crippen molar-refractivity contribution in [2.45, 2.75) is 13.3 Å². The van der Waals surface area contributed by atoms with Gasteiger partial charge in [0.2, 0.25) is 5.91 Å². The van der Waals surface area contributed by atoms with Crippen LogP contribution in [0.15, 0.2) is 28.9 Å². The highest BCUT2D eigenvalue weighted by atomic mass is 16.3. The number of benzene rings is 1. The van der Waals surface area contributed by atoms with Gasteiger partial charge in [0.05, 0.1) is 6.26 Å². The molecule has 1 aromatic carbocycles. The lowest BCUT2D eigenvalue weighted by Gasteiger charge is -2.00. The van der Waals surface area contributed by atoms with Gasteiger partial charge in [0.25, 0.3) is 0 Å². The minimum absolute atomic E-state index is 0.0457. The summed E-state index contributed by atoms with van der Waals surface area (Å²) in [5, 5.41) is 13.0. The Labute approximate surface area is 92.9 Å². The summed E-state index contributed by atoms with van der Waals surface area (Å²) in [5.74, 6) is 0.172. The van der Waals surface area contributed by atoms with Crippen LogP contribution in [-0.4, -0.2) is 17.6 Å². The van der Waals surface area contributed by atoms with Gasteiger partial charge in [0.1, 0.15) is 11.3 Å². The van der Waals surface area contributed by atoms with Gasteiger partial charge < -0.3 is 14.8 Å². The van der Waals surface area contributed by atoms with Gasteiger partial charge in [0, 0.05) is 24.4 Å². The number of furan rings is 1. The number of phenols is 1. The van der Waals surface area contributed by atoms with E-state index in [2.05, 4.69) is 5.32 Å². The Morgan fingerprint density at radius 2 is 2.31 bits per heavy atom. The maximum atomic E-state index is 10.7. The largest absolute Gasteiger partial charge is 0.508 e. The lowest BCUT2D eigenvalue weighted by molar-refractivity contribution is -0.118. The molecule has 0 aliphatic carbocycles. The highest BCUT2D eigenvalue weighted by Gasteiger charge is 2.06. The molecule has 0 fully saturated rings. The summed E-state index contributed by atoms with van der Waals surface area (Å²) in [6.07, 6.45) is 2.35. The first-order valence-corrected chi connectivity index (χ1v) is 5.10. The Bertz CT molecular complexity index is 516. The molecule has 1 heterocycles. The summed E-state index contributed by atoms with van der Waals surface area (Å²) in [6, 6.07) is 4.98. The normalized spacial score (nSPS) is 10.6. The number of fused-ring (bicyclic) bond motifs is 1. The predicted molar refractivity (Wildman–Crippen MR) is 60.3 cm³/mol. The fraction of sp³-hybridized carbons (Fsp3) is 0.250. The van der Waals surface area contributed by atoms with Crippen molar-refractivity contribution < 1.29 is 14.3 Å². The SMILES string of the molecule is CC(=O)NCCc1coc2ccc(O)cc12. The molecule has 2 rings (SSSR count). The second kappa shape index (κ2) is 4.26. The Kier molecular flexibility index (Phi) is 2.81. The number of phenolic OH excluding ortho intramolecular Hbond substituents is 1. The average Bonchev–Trinajstić information content (AvgIpc) is 2.60. The van der Waals surface area contributed by atoms with E-state index in [1.54, 1.807) is 24.5 Å². The first-order chi connectivity index (χ1) is 7.66. The summed E-state index contributed by atoms with van der Waals surface area (Å²) < 4.78 is 5.34. The van der Waals surface area contributed by atoms with Crippen molar-refractivity contribution >= 4 is 16.9 Å². The number of aromatic hydroxyl groups is 1. The number of hydrogen-bond donors (Lipinski definition) is 2. The molecule has 0 atom stereocenters. The van der Waals surface area contributed by atoms with Crippen LogP contribution in [0.1, 0.15) is 12.5 Å². The highest BCUT2D eigenvalue weighted by molar-refractivity contribution is 5.82. The van der Waals surface area contributed by atoms with E-state index in [4.69, 9.17) is 4.42 Å². The molecule has 0 saturated heterocycles. The monoisotopic (exact) mass is 219 g/mol. The first kappa shape index (κ1) is 10.5. The van der Waals surface area contributed by atoms with Gasteiger partial charge in [-0.25, -0.2) is 0 Å².